The zero-order valence-corrected chi connectivity index (χ0v) is 12.8. The van der Waals surface area contributed by atoms with Crippen molar-refractivity contribution >= 4 is 5.82 Å². The quantitative estimate of drug-likeness (QED) is 0.826. The van der Waals surface area contributed by atoms with Crippen LogP contribution in [0.1, 0.15) is 62.6 Å². The van der Waals surface area contributed by atoms with Gasteiger partial charge in [-0.25, -0.2) is 0 Å². The van der Waals surface area contributed by atoms with E-state index in [-0.39, 0.29) is 0 Å². The van der Waals surface area contributed by atoms with E-state index in [4.69, 9.17) is 4.74 Å². The molecule has 1 heterocycles. The van der Waals surface area contributed by atoms with Crippen LogP contribution in [-0.2, 0) is 17.6 Å². The van der Waals surface area contributed by atoms with Crippen molar-refractivity contribution in [3.05, 3.63) is 11.3 Å². The molecular weight excluding hydrogens is 250 g/mol. The van der Waals surface area contributed by atoms with Crippen LogP contribution < -0.4 is 5.32 Å². The van der Waals surface area contributed by atoms with Gasteiger partial charge in [0.2, 0.25) is 0 Å². The van der Waals surface area contributed by atoms with E-state index in [9.17, 15) is 0 Å². The van der Waals surface area contributed by atoms with Crippen molar-refractivity contribution in [3.63, 3.8) is 0 Å². The van der Waals surface area contributed by atoms with Gasteiger partial charge in [-0.15, -0.1) is 0 Å². The molecule has 4 heteroatoms. The minimum Gasteiger partial charge on any atom is -0.383 e. The summed E-state index contributed by atoms with van der Waals surface area (Å²) in [6, 6.07) is 0. The Labute approximate surface area is 122 Å². The molecule has 0 spiro atoms. The number of aromatic nitrogens is 2. The normalized spacial score (nSPS) is 17.9. The molecule has 0 saturated carbocycles. The summed E-state index contributed by atoms with van der Waals surface area (Å²) in [6.45, 7) is 1.55. The van der Waals surface area contributed by atoms with Crippen LogP contribution in [0.2, 0.25) is 0 Å². The Hall–Kier alpha value is -1.03. The number of rotatable bonds is 4. The zero-order valence-electron chi connectivity index (χ0n) is 12.8. The van der Waals surface area contributed by atoms with Gasteiger partial charge in [0.25, 0.3) is 0 Å². The molecule has 1 aliphatic rings. The number of ether oxygens (including phenoxy) is 1. The predicted octanol–water partition coefficient (Wildman–Crippen LogP) is 3.69. The van der Waals surface area contributed by atoms with Crippen molar-refractivity contribution < 1.29 is 4.74 Å². The van der Waals surface area contributed by atoms with E-state index in [0.29, 0.717) is 0 Å². The highest BCUT2D eigenvalue weighted by Crippen LogP contribution is 2.23. The van der Waals surface area contributed by atoms with E-state index in [1.165, 1.54) is 62.6 Å². The Kier molecular flexibility index (Phi) is 6.92. The highest BCUT2D eigenvalue weighted by atomic mass is 16.5. The first-order chi connectivity index (χ1) is 9.92. The summed E-state index contributed by atoms with van der Waals surface area (Å²) in [5.41, 5.74) is 2.77. The van der Waals surface area contributed by atoms with E-state index < -0.39 is 0 Å². The fourth-order valence-electron chi connectivity index (χ4n) is 2.96. The van der Waals surface area contributed by atoms with Gasteiger partial charge in [-0.2, -0.15) is 5.10 Å². The van der Waals surface area contributed by atoms with Gasteiger partial charge in [0.1, 0.15) is 0 Å². The predicted molar refractivity (Wildman–Crippen MR) is 83.3 cm³/mol. The van der Waals surface area contributed by atoms with Crippen molar-refractivity contribution in [3.8, 4) is 0 Å². The molecule has 0 aliphatic heterocycles. The third-order valence-electron chi connectivity index (χ3n) is 4.15. The van der Waals surface area contributed by atoms with Gasteiger partial charge in [0, 0.05) is 24.9 Å². The fraction of sp³-hybridized carbons (Fsp3) is 0.812. The van der Waals surface area contributed by atoms with Crippen LogP contribution in [-0.4, -0.2) is 30.5 Å². The van der Waals surface area contributed by atoms with E-state index in [2.05, 4.69) is 15.5 Å². The Balaban J connectivity index is 1.97. The molecule has 2 rings (SSSR count). The molecule has 1 aromatic heterocycles. The zero-order chi connectivity index (χ0) is 14.0. The van der Waals surface area contributed by atoms with Gasteiger partial charge in [-0.3, -0.25) is 5.10 Å². The lowest BCUT2D eigenvalue weighted by molar-refractivity contribution is 0.210. The minimum atomic E-state index is 0.724. The summed E-state index contributed by atoms with van der Waals surface area (Å²) in [7, 11) is 1.73. The molecule has 0 aromatic carbocycles. The smallest absolute Gasteiger partial charge is 0.151 e. The van der Waals surface area contributed by atoms with E-state index in [1.807, 2.05) is 0 Å². The summed E-state index contributed by atoms with van der Waals surface area (Å²) in [5.74, 6) is 1.05. The van der Waals surface area contributed by atoms with Gasteiger partial charge in [-0.05, 0) is 25.7 Å². The summed E-state index contributed by atoms with van der Waals surface area (Å²) >= 11 is 0. The number of nitrogens with one attached hydrogen (secondary N) is 2. The number of aryl methyl sites for hydroxylation is 1. The van der Waals surface area contributed by atoms with Crippen LogP contribution in [0.25, 0.3) is 0 Å². The third kappa shape index (κ3) is 4.82. The minimum absolute atomic E-state index is 0.724. The topological polar surface area (TPSA) is 49.9 Å². The average Bonchev–Trinajstić information content (AvgIpc) is 2.81. The van der Waals surface area contributed by atoms with Crippen molar-refractivity contribution in [1.29, 1.82) is 0 Å². The summed E-state index contributed by atoms with van der Waals surface area (Å²) in [5, 5.41) is 11.1. The van der Waals surface area contributed by atoms with Crippen LogP contribution in [0.4, 0.5) is 5.82 Å². The largest absolute Gasteiger partial charge is 0.383 e. The molecule has 4 nitrogen and oxygen atoms in total. The second-order valence-electron chi connectivity index (χ2n) is 5.78. The molecule has 0 amide bonds. The Morgan fingerprint density at radius 1 is 1.00 bits per heavy atom. The van der Waals surface area contributed by atoms with Crippen LogP contribution >= 0.6 is 0 Å². The first-order valence-corrected chi connectivity index (χ1v) is 8.20. The van der Waals surface area contributed by atoms with Gasteiger partial charge in [0.05, 0.1) is 6.61 Å². The molecule has 20 heavy (non-hydrogen) atoms. The van der Waals surface area contributed by atoms with E-state index >= 15 is 0 Å². The molecule has 0 radical (unpaired) electrons. The lowest BCUT2D eigenvalue weighted by Gasteiger charge is -2.09. The van der Waals surface area contributed by atoms with Crippen molar-refractivity contribution in [1.82, 2.24) is 10.2 Å². The number of hydrogen-bond acceptors (Lipinski definition) is 3. The Morgan fingerprint density at radius 3 is 2.35 bits per heavy atom. The van der Waals surface area contributed by atoms with Crippen molar-refractivity contribution in [2.45, 2.75) is 64.2 Å². The SMILES string of the molecule is COCCNc1n[nH]c2c1CCCCCCCCCC2. The highest BCUT2D eigenvalue weighted by molar-refractivity contribution is 5.46. The van der Waals surface area contributed by atoms with Gasteiger partial charge < -0.3 is 10.1 Å². The number of anilines is 1. The highest BCUT2D eigenvalue weighted by Gasteiger charge is 2.13. The standard InChI is InChI=1S/C16H29N3O/c1-20-13-12-17-16-14-10-8-6-4-2-3-5-7-9-11-15(14)18-19-16/h2-13H2,1H3,(H2,17,18,19). The van der Waals surface area contributed by atoms with Crippen LogP contribution in [0.5, 0.6) is 0 Å². The van der Waals surface area contributed by atoms with Crippen LogP contribution in [0.15, 0.2) is 0 Å². The maximum atomic E-state index is 5.10. The van der Waals surface area contributed by atoms with E-state index in [0.717, 1.165) is 31.8 Å². The molecule has 0 bridgehead atoms. The van der Waals surface area contributed by atoms with Crippen molar-refractivity contribution in [2.75, 3.05) is 25.6 Å². The molecule has 0 saturated heterocycles. The molecule has 114 valence electrons. The van der Waals surface area contributed by atoms with Gasteiger partial charge in [-0.1, -0.05) is 38.5 Å². The van der Waals surface area contributed by atoms with Crippen molar-refractivity contribution in [2.24, 2.45) is 0 Å². The monoisotopic (exact) mass is 279 g/mol. The second kappa shape index (κ2) is 9.01. The average molecular weight is 279 g/mol. The second-order valence-corrected chi connectivity index (χ2v) is 5.78. The van der Waals surface area contributed by atoms with Crippen LogP contribution in [0, 0.1) is 0 Å². The van der Waals surface area contributed by atoms with Crippen LogP contribution in [0.3, 0.4) is 0 Å². The Bertz CT molecular complexity index is 362. The van der Waals surface area contributed by atoms with Gasteiger partial charge in [0.15, 0.2) is 5.82 Å². The molecule has 0 atom stereocenters. The number of methoxy groups -OCH3 is 1. The number of aromatic amines is 1. The summed E-state index contributed by atoms with van der Waals surface area (Å²) < 4.78 is 5.10. The molecule has 0 unspecified atom stereocenters. The summed E-state index contributed by atoms with van der Waals surface area (Å²) in [6.07, 6.45) is 13.2. The maximum Gasteiger partial charge on any atom is 0.151 e. The third-order valence-corrected chi connectivity index (χ3v) is 4.15. The lowest BCUT2D eigenvalue weighted by atomic mass is 9.99. The number of nitrogens with zero attached hydrogens (tertiary/aromatic N) is 1. The lowest BCUT2D eigenvalue weighted by Crippen LogP contribution is -2.09. The molecule has 2 N–H and O–H groups in total. The summed E-state index contributed by atoms with van der Waals surface area (Å²) in [4.78, 5) is 0. The van der Waals surface area contributed by atoms with E-state index in [1.54, 1.807) is 7.11 Å². The van der Waals surface area contributed by atoms with Gasteiger partial charge >= 0.3 is 0 Å². The molecule has 0 fully saturated rings. The first-order valence-electron chi connectivity index (χ1n) is 8.20. The Morgan fingerprint density at radius 2 is 1.65 bits per heavy atom. The molecular formula is C16H29N3O. The molecule has 1 aliphatic carbocycles. The number of fused-ring (bicyclic) bond motifs is 1. The molecule has 1 aromatic rings. The number of hydrogen-bond donors (Lipinski definition) is 2. The number of H-pyrrole nitrogens is 1. The first kappa shape index (κ1) is 15.4. The maximum absolute atomic E-state index is 5.10. The fourth-order valence-corrected chi connectivity index (χ4v) is 2.96.